The molecule has 0 amide bonds. The molecule has 8 heteroatoms. The lowest BCUT2D eigenvalue weighted by molar-refractivity contribution is 0.167. The van der Waals surface area contributed by atoms with Crippen LogP contribution < -0.4 is 10.5 Å². The first kappa shape index (κ1) is 20.3. The highest BCUT2D eigenvalue weighted by Crippen LogP contribution is 2.34. The number of hydrogen-bond acceptors (Lipinski definition) is 7. The van der Waals surface area contributed by atoms with Gasteiger partial charge < -0.3 is 25.3 Å². The van der Waals surface area contributed by atoms with Gasteiger partial charge in [-0.25, -0.2) is 9.97 Å². The van der Waals surface area contributed by atoms with Gasteiger partial charge in [0.15, 0.2) is 5.82 Å². The van der Waals surface area contributed by atoms with E-state index in [-0.39, 0.29) is 11.9 Å². The molecular formula is C24H25N5O3. The summed E-state index contributed by atoms with van der Waals surface area (Å²) in [6.07, 6.45) is 4.03. The van der Waals surface area contributed by atoms with Crippen molar-refractivity contribution in [2.24, 2.45) is 0 Å². The van der Waals surface area contributed by atoms with Crippen LogP contribution in [0.15, 0.2) is 61.1 Å². The van der Waals surface area contributed by atoms with Gasteiger partial charge in [-0.15, -0.1) is 0 Å². The maximum atomic E-state index is 9.92. The van der Waals surface area contributed by atoms with E-state index >= 15 is 0 Å². The number of hydrogen-bond donors (Lipinski definition) is 3. The smallest absolute Gasteiger partial charge is 0.151 e. The fourth-order valence-electron chi connectivity index (χ4n) is 4.18. The average Bonchev–Trinajstić information content (AvgIpc) is 3.39. The van der Waals surface area contributed by atoms with Crippen LogP contribution in [0, 0.1) is 0 Å². The molecule has 2 aromatic carbocycles. The van der Waals surface area contributed by atoms with Crippen molar-refractivity contribution in [3.8, 4) is 28.3 Å². The molecule has 5 rings (SSSR count). The fraction of sp³-hybridized carbons (Fsp3) is 0.250. The molecule has 164 valence electrons. The van der Waals surface area contributed by atoms with Crippen LogP contribution in [0.3, 0.4) is 0 Å². The molecule has 0 radical (unpaired) electrons. The Morgan fingerprint density at radius 3 is 2.72 bits per heavy atom. The highest BCUT2D eigenvalue weighted by molar-refractivity contribution is 5.98. The van der Waals surface area contributed by atoms with E-state index in [1.54, 1.807) is 18.2 Å². The Kier molecular flexibility index (Phi) is 5.38. The summed E-state index contributed by atoms with van der Waals surface area (Å²) in [6.45, 7) is 3.01. The zero-order valence-corrected chi connectivity index (χ0v) is 17.6. The number of nitrogens with zero attached hydrogens (tertiary/aromatic N) is 4. The van der Waals surface area contributed by atoms with Crippen molar-refractivity contribution in [2.75, 3.05) is 32.0 Å². The molecule has 1 aliphatic heterocycles. The molecule has 1 saturated heterocycles. The third kappa shape index (κ3) is 3.98. The third-order valence-electron chi connectivity index (χ3n) is 5.80. The van der Waals surface area contributed by atoms with Crippen molar-refractivity contribution in [1.82, 2.24) is 19.4 Å². The highest BCUT2D eigenvalue weighted by atomic mass is 16.5. The summed E-state index contributed by atoms with van der Waals surface area (Å²) in [7, 11) is 0. The van der Waals surface area contributed by atoms with Crippen molar-refractivity contribution in [3.05, 3.63) is 61.1 Å². The van der Waals surface area contributed by atoms with Crippen LogP contribution in [0.5, 0.6) is 11.5 Å². The Morgan fingerprint density at radius 1 is 1.12 bits per heavy atom. The van der Waals surface area contributed by atoms with Gasteiger partial charge >= 0.3 is 0 Å². The van der Waals surface area contributed by atoms with Gasteiger partial charge in [0.05, 0.1) is 6.10 Å². The molecule has 0 bridgehead atoms. The first-order chi connectivity index (χ1) is 15.6. The monoisotopic (exact) mass is 431 g/mol. The Labute approximate surface area is 185 Å². The van der Waals surface area contributed by atoms with Crippen LogP contribution in [0.4, 0.5) is 5.82 Å². The van der Waals surface area contributed by atoms with E-state index < -0.39 is 0 Å². The average molecular weight is 431 g/mol. The Hall–Kier alpha value is -3.62. The second-order valence-corrected chi connectivity index (χ2v) is 8.00. The van der Waals surface area contributed by atoms with Crippen LogP contribution in [0.2, 0.25) is 0 Å². The lowest BCUT2D eigenvalue weighted by atomic mass is 10.1. The number of β-amino-alcohol motifs (C(OH)–C–C–N with tert-alkyl or cyclic N) is 1. The van der Waals surface area contributed by atoms with Gasteiger partial charge in [-0.3, -0.25) is 4.90 Å². The summed E-state index contributed by atoms with van der Waals surface area (Å²) in [5.41, 5.74) is 10.3. The minimum atomic E-state index is -0.214. The molecule has 1 fully saturated rings. The largest absolute Gasteiger partial charge is 0.508 e. The van der Waals surface area contributed by atoms with Gasteiger partial charge in [0.2, 0.25) is 0 Å². The molecule has 8 nitrogen and oxygen atoms in total. The predicted octanol–water partition coefficient (Wildman–Crippen LogP) is 2.82. The van der Waals surface area contributed by atoms with E-state index in [0.29, 0.717) is 17.9 Å². The number of benzene rings is 2. The van der Waals surface area contributed by atoms with Crippen molar-refractivity contribution in [3.63, 3.8) is 0 Å². The fourth-order valence-corrected chi connectivity index (χ4v) is 4.18. The van der Waals surface area contributed by atoms with Gasteiger partial charge in [-0.1, -0.05) is 18.2 Å². The minimum absolute atomic E-state index is 0.172. The van der Waals surface area contributed by atoms with E-state index in [0.717, 1.165) is 54.1 Å². The zero-order chi connectivity index (χ0) is 22.1. The van der Waals surface area contributed by atoms with Gasteiger partial charge in [-0.2, -0.15) is 0 Å². The number of ether oxygens (including phenoxy) is 1. The van der Waals surface area contributed by atoms with Crippen molar-refractivity contribution in [2.45, 2.75) is 12.5 Å². The molecule has 1 atom stereocenters. The minimum Gasteiger partial charge on any atom is -0.508 e. The van der Waals surface area contributed by atoms with Gasteiger partial charge in [0.1, 0.15) is 35.5 Å². The lowest BCUT2D eigenvalue weighted by Gasteiger charge is -2.15. The normalized spacial score (nSPS) is 16.6. The second kappa shape index (κ2) is 8.49. The van der Waals surface area contributed by atoms with Gasteiger partial charge in [0.25, 0.3) is 0 Å². The predicted molar refractivity (Wildman–Crippen MR) is 123 cm³/mol. The molecule has 0 aliphatic carbocycles. The number of aromatic nitrogens is 3. The molecule has 3 heterocycles. The molecule has 2 aromatic heterocycles. The van der Waals surface area contributed by atoms with Crippen LogP contribution in [0.25, 0.3) is 27.8 Å². The highest BCUT2D eigenvalue weighted by Gasteiger charge is 2.19. The molecule has 4 N–H and O–H groups in total. The molecule has 1 aliphatic rings. The van der Waals surface area contributed by atoms with Crippen LogP contribution in [0.1, 0.15) is 6.42 Å². The van der Waals surface area contributed by atoms with E-state index in [1.165, 1.54) is 6.33 Å². The topological polar surface area (TPSA) is 110 Å². The number of rotatable bonds is 6. The maximum absolute atomic E-state index is 9.92. The van der Waals surface area contributed by atoms with Crippen LogP contribution in [-0.4, -0.2) is 62.0 Å². The number of fused-ring (bicyclic) bond motifs is 1. The first-order valence-corrected chi connectivity index (χ1v) is 10.6. The van der Waals surface area contributed by atoms with E-state index in [4.69, 9.17) is 10.5 Å². The summed E-state index contributed by atoms with van der Waals surface area (Å²) < 4.78 is 7.78. The van der Waals surface area contributed by atoms with E-state index in [1.807, 2.05) is 41.1 Å². The number of likely N-dealkylation sites (tertiary alicyclic amines) is 1. The van der Waals surface area contributed by atoms with Crippen LogP contribution >= 0.6 is 0 Å². The number of aromatic hydroxyl groups is 1. The summed E-state index contributed by atoms with van der Waals surface area (Å²) in [5, 5.41) is 19.5. The first-order valence-electron chi connectivity index (χ1n) is 10.6. The second-order valence-electron chi connectivity index (χ2n) is 8.00. The van der Waals surface area contributed by atoms with Gasteiger partial charge in [-0.05, 0) is 36.2 Å². The van der Waals surface area contributed by atoms with E-state index in [2.05, 4.69) is 14.9 Å². The summed E-state index contributed by atoms with van der Waals surface area (Å²) >= 11 is 0. The standard InChI is InChI=1S/C24H25N5O3/c25-24-23-22(26-15-27-24)21(14-29(23)17-2-1-3-18(30)12-17)16-4-6-20(7-5-16)32-11-10-28-9-8-19(31)13-28/h1-7,12,14-15,19,30-31H,8-11,13H2,(H2,25,26,27). The molecule has 1 unspecified atom stereocenters. The number of aliphatic hydroxyl groups is 1. The summed E-state index contributed by atoms with van der Waals surface area (Å²) in [5.74, 6) is 1.34. The zero-order valence-electron chi connectivity index (χ0n) is 17.6. The molecule has 0 spiro atoms. The third-order valence-corrected chi connectivity index (χ3v) is 5.80. The number of nitrogens with two attached hydrogens (primary N) is 1. The number of anilines is 1. The number of nitrogen functional groups attached to an aromatic ring is 1. The van der Waals surface area contributed by atoms with Gasteiger partial charge in [0, 0.05) is 43.1 Å². The van der Waals surface area contributed by atoms with Crippen molar-refractivity contribution in [1.29, 1.82) is 0 Å². The Morgan fingerprint density at radius 2 is 1.97 bits per heavy atom. The summed E-state index contributed by atoms with van der Waals surface area (Å²) in [6, 6.07) is 14.8. The van der Waals surface area contributed by atoms with E-state index in [9.17, 15) is 10.2 Å². The SMILES string of the molecule is Nc1ncnc2c(-c3ccc(OCCN4CCC(O)C4)cc3)cn(-c3cccc(O)c3)c12. The molecule has 0 saturated carbocycles. The number of aliphatic hydroxyl groups excluding tert-OH is 1. The Balaban J connectivity index is 1.40. The summed E-state index contributed by atoms with van der Waals surface area (Å²) in [4.78, 5) is 10.8. The quantitative estimate of drug-likeness (QED) is 0.431. The molecule has 32 heavy (non-hydrogen) atoms. The maximum Gasteiger partial charge on any atom is 0.151 e. The molecule has 4 aromatic rings. The molecular weight excluding hydrogens is 406 g/mol. The number of phenolic OH excluding ortho intramolecular Hbond substituents is 1. The number of phenols is 1. The lowest BCUT2D eigenvalue weighted by Crippen LogP contribution is -2.27. The van der Waals surface area contributed by atoms with Crippen molar-refractivity contribution >= 4 is 16.9 Å². The Bertz CT molecular complexity index is 1240. The van der Waals surface area contributed by atoms with Crippen molar-refractivity contribution < 1.29 is 14.9 Å². The van der Waals surface area contributed by atoms with Crippen LogP contribution in [-0.2, 0) is 0 Å².